The highest BCUT2D eigenvalue weighted by atomic mass is 35.5. The molecule has 3 heterocycles. The molecule has 18 nitrogen and oxygen atoms in total. The van der Waals surface area contributed by atoms with Crippen LogP contribution in [-0.2, 0) is 65.9 Å². The topological polar surface area (TPSA) is 253 Å². The van der Waals surface area contributed by atoms with Gasteiger partial charge in [0.2, 0.25) is 15.9 Å². The fourth-order valence-corrected chi connectivity index (χ4v) is 10.2. The molecule has 414 valence electrons. The second kappa shape index (κ2) is 20.4. The first-order chi connectivity index (χ1) is 35.4. The average Bonchev–Trinajstić information content (AvgIpc) is 3.85. The Labute approximate surface area is 434 Å². The largest absolute Gasteiger partial charge is 0.481 e. The number of carbonyl (C=O) groups excluding carboxylic acids is 2. The Kier molecular flexibility index (Phi) is 15.3. The number of carboxylic acids is 2. The molecule has 4 N–H and O–H groups in total. The number of rotatable bonds is 16. The SMILES string of the molecule is CC(C)(C#Cc1ccc(-c2ccc(Cl)c3c(N(C(=O)N[C@@H](CCC(=O)O)C(=O)O)S(C)(=O)=O)nn(CC(F)(F)F)c23)c([C@H](Cc2cc(F)cc(F)c2)NC(=O)Cn2nc(C(F)(F)F)c3c2C(F)(F)[C@@H]2CC[C@H]32)n1)S(C)(=O)=O. The lowest BCUT2D eigenvalue weighted by molar-refractivity contribution is -0.144. The summed E-state index contributed by atoms with van der Waals surface area (Å²) in [6, 6.07) is 0.247. The van der Waals surface area contributed by atoms with E-state index in [0.29, 0.717) is 12.3 Å². The molecule has 2 aliphatic rings. The molecule has 77 heavy (non-hydrogen) atoms. The van der Waals surface area contributed by atoms with Crippen molar-refractivity contribution in [2.24, 2.45) is 5.92 Å². The minimum absolute atomic E-state index is 0.0455. The van der Waals surface area contributed by atoms with E-state index in [1.165, 1.54) is 13.8 Å². The van der Waals surface area contributed by atoms with Crippen LogP contribution in [0.4, 0.5) is 54.5 Å². The number of amides is 3. The lowest BCUT2D eigenvalue weighted by atomic mass is 9.73. The third kappa shape index (κ3) is 11.9. The first-order valence-corrected chi connectivity index (χ1v) is 26.6. The lowest BCUT2D eigenvalue weighted by Crippen LogP contribution is -2.50. The van der Waals surface area contributed by atoms with Gasteiger partial charge in [0.05, 0.1) is 33.9 Å². The number of carboxylic acid groups (broad SMARTS) is 2. The summed E-state index contributed by atoms with van der Waals surface area (Å²) in [7, 11) is -9.05. The van der Waals surface area contributed by atoms with E-state index in [9.17, 15) is 76.2 Å². The smallest absolute Gasteiger partial charge is 0.435 e. The van der Waals surface area contributed by atoms with Gasteiger partial charge in [-0.2, -0.15) is 49.6 Å². The molecule has 31 heteroatoms. The Balaban J connectivity index is 1.48. The van der Waals surface area contributed by atoms with Gasteiger partial charge in [0.25, 0.3) is 5.92 Å². The number of hydrogen-bond acceptors (Lipinski definition) is 11. The fourth-order valence-electron chi connectivity index (χ4n) is 8.90. The average molecular weight is 1160 g/mol. The number of aromatic nitrogens is 5. The van der Waals surface area contributed by atoms with E-state index >= 15 is 8.78 Å². The van der Waals surface area contributed by atoms with Gasteiger partial charge in [-0.1, -0.05) is 23.6 Å². The van der Waals surface area contributed by atoms with Gasteiger partial charge in [-0.05, 0) is 87.3 Å². The van der Waals surface area contributed by atoms with Gasteiger partial charge in [0.15, 0.2) is 21.3 Å². The van der Waals surface area contributed by atoms with Crippen LogP contribution in [0.3, 0.4) is 0 Å². The van der Waals surface area contributed by atoms with Gasteiger partial charge in [-0.15, -0.1) is 0 Å². The molecule has 0 bridgehead atoms. The zero-order valence-electron chi connectivity index (χ0n) is 40.1. The molecule has 2 aliphatic carbocycles. The second-order valence-corrected chi connectivity index (χ2v) is 23.5. The predicted molar refractivity (Wildman–Crippen MR) is 252 cm³/mol. The molecule has 0 spiro atoms. The van der Waals surface area contributed by atoms with Crippen LogP contribution in [0.15, 0.2) is 42.5 Å². The first kappa shape index (κ1) is 57.7. The Morgan fingerprint density at radius 1 is 0.909 bits per heavy atom. The van der Waals surface area contributed by atoms with Crippen LogP contribution < -0.4 is 14.9 Å². The van der Waals surface area contributed by atoms with Gasteiger partial charge in [-0.25, -0.2) is 40.2 Å². The van der Waals surface area contributed by atoms with Crippen LogP contribution in [0.2, 0.25) is 5.02 Å². The van der Waals surface area contributed by atoms with Crippen molar-refractivity contribution in [2.75, 3.05) is 16.8 Å². The zero-order valence-corrected chi connectivity index (χ0v) is 42.5. The summed E-state index contributed by atoms with van der Waals surface area (Å²) < 4.78 is 199. The number of hydrogen-bond donors (Lipinski definition) is 4. The van der Waals surface area contributed by atoms with E-state index in [0.717, 1.165) is 42.7 Å². The number of fused-ring (bicyclic) bond motifs is 4. The van der Waals surface area contributed by atoms with Crippen molar-refractivity contribution in [3.8, 4) is 23.0 Å². The van der Waals surface area contributed by atoms with Crippen molar-refractivity contribution in [3.05, 3.63) is 93.0 Å². The standard InChI is InChI=1S/C46H41ClF10N8O10S2/c1-43(2,76(3,72)73)14-13-24-5-6-25(26-8-10-29(47)35-37(26)64(20-44(50,51)52)62-40(35)65(77(4,74)75)42(71)60-30(41(69)70)11-12-33(67)68)36(58-24)31(17-21-15-22(48)18-23(49)16-21)59-32(66)19-63-39-34(38(61-63)46(55,56)57)27-7-9-28(27)45(39,53)54/h5-6,8,10,15-16,18,27-28,30-31H,7,9,11-12,17,19-20H2,1-4H3,(H,59,66)(H,60,71)(H,67,68)(H,69,70)/t27-,28+,30-,31-/m0/s1. The van der Waals surface area contributed by atoms with Crippen molar-refractivity contribution in [2.45, 2.75) is 100 Å². The molecular formula is C46H41ClF10N8O10S2. The third-order valence-electron chi connectivity index (χ3n) is 12.7. The minimum atomic E-state index is -5.27. The van der Waals surface area contributed by atoms with Gasteiger partial charge < -0.3 is 20.8 Å². The summed E-state index contributed by atoms with van der Waals surface area (Å²) in [5.74, 6) is -10.0. The number of carbonyl (C=O) groups is 4. The molecule has 5 aromatic rings. The van der Waals surface area contributed by atoms with Crippen LogP contribution in [0.25, 0.3) is 22.0 Å². The van der Waals surface area contributed by atoms with E-state index < -0.39 is 190 Å². The summed E-state index contributed by atoms with van der Waals surface area (Å²) in [6.07, 6.45) is -12.0. The van der Waals surface area contributed by atoms with Gasteiger partial charge in [0.1, 0.15) is 46.9 Å². The highest BCUT2D eigenvalue weighted by molar-refractivity contribution is 7.93. The third-order valence-corrected chi connectivity index (χ3v) is 16.0. The van der Waals surface area contributed by atoms with Crippen LogP contribution in [0, 0.1) is 29.4 Å². The van der Waals surface area contributed by atoms with Crippen LogP contribution in [-0.4, -0.2) is 105 Å². The number of alkyl halides is 8. The van der Waals surface area contributed by atoms with Crippen LogP contribution in [0.1, 0.15) is 85.4 Å². The molecule has 0 saturated heterocycles. The maximum atomic E-state index is 15.9. The molecule has 1 fully saturated rings. The summed E-state index contributed by atoms with van der Waals surface area (Å²) in [5.41, 5.74) is -6.56. The van der Waals surface area contributed by atoms with Gasteiger partial charge >= 0.3 is 30.3 Å². The number of nitrogens with zero attached hydrogens (tertiary/aromatic N) is 6. The quantitative estimate of drug-likeness (QED) is 0.0553. The van der Waals surface area contributed by atoms with E-state index in [1.54, 1.807) is 5.32 Å². The maximum Gasteiger partial charge on any atom is 0.435 e. The summed E-state index contributed by atoms with van der Waals surface area (Å²) in [4.78, 5) is 55.9. The molecule has 4 atom stereocenters. The number of sulfone groups is 1. The number of benzene rings is 2. The molecule has 3 aromatic heterocycles. The number of sulfonamides is 1. The molecule has 3 amide bonds. The van der Waals surface area contributed by atoms with Crippen molar-refractivity contribution < 1.29 is 90.1 Å². The van der Waals surface area contributed by atoms with E-state index in [1.807, 2.05) is 0 Å². The van der Waals surface area contributed by atoms with E-state index in [2.05, 4.69) is 32.3 Å². The van der Waals surface area contributed by atoms with Crippen molar-refractivity contribution in [1.82, 2.24) is 35.2 Å². The Morgan fingerprint density at radius 3 is 2.09 bits per heavy atom. The number of aliphatic carboxylic acids is 2. The van der Waals surface area contributed by atoms with Gasteiger partial charge in [0, 0.05) is 41.4 Å². The highest BCUT2D eigenvalue weighted by Crippen LogP contribution is 2.64. The minimum Gasteiger partial charge on any atom is -0.481 e. The molecule has 2 aromatic carbocycles. The fraction of sp³-hybridized carbons (Fsp3) is 0.413. The Hall–Kier alpha value is -7.00. The second-order valence-electron chi connectivity index (χ2n) is 18.7. The maximum absolute atomic E-state index is 15.9. The number of nitrogens with one attached hydrogen (secondary N) is 2. The number of pyridine rings is 1. The molecule has 7 rings (SSSR count). The normalized spacial score (nSPS) is 17.1. The van der Waals surface area contributed by atoms with Crippen LogP contribution >= 0.6 is 11.6 Å². The monoisotopic (exact) mass is 1150 g/mol. The predicted octanol–water partition coefficient (Wildman–Crippen LogP) is 7.48. The number of halogens is 11. The van der Waals surface area contributed by atoms with Crippen molar-refractivity contribution in [3.63, 3.8) is 0 Å². The number of urea groups is 1. The summed E-state index contributed by atoms with van der Waals surface area (Å²) in [6.45, 7) is -1.06. The Bertz CT molecular complexity index is 3540. The van der Waals surface area contributed by atoms with E-state index in [-0.39, 0.29) is 37.8 Å². The van der Waals surface area contributed by atoms with Crippen molar-refractivity contribution in [1.29, 1.82) is 0 Å². The summed E-state index contributed by atoms with van der Waals surface area (Å²) >= 11 is 6.60. The highest BCUT2D eigenvalue weighted by Gasteiger charge is 2.63. The first-order valence-electron chi connectivity index (χ1n) is 22.4. The number of anilines is 1. The van der Waals surface area contributed by atoms with Gasteiger partial charge in [-0.3, -0.25) is 19.0 Å². The molecular weight excluding hydrogens is 1110 g/mol. The molecule has 0 unspecified atom stereocenters. The van der Waals surface area contributed by atoms with E-state index in [4.69, 9.17) is 16.7 Å². The summed E-state index contributed by atoms with van der Waals surface area (Å²) in [5, 5.41) is 28.9. The van der Waals surface area contributed by atoms with Crippen LogP contribution in [0.5, 0.6) is 0 Å². The molecule has 0 aliphatic heterocycles. The molecule has 0 radical (unpaired) electrons. The lowest BCUT2D eigenvalue weighted by Gasteiger charge is -2.34. The zero-order chi connectivity index (χ0) is 57.3. The molecule has 1 saturated carbocycles. The Morgan fingerprint density at radius 2 is 1.55 bits per heavy atom. The van der Waals surface area contributed by atoms with Crippen molar-refractivity contribution >= 4 is 72.1 Å².